The van der Waals surface area contributed by atoms with Crippen LogP contribution < -0.4 is 5.32 Å². The van der Waals surface area contributed by atoms with Crippen LogP contribution in [0.2, 0.25) is 0 Å². The second-order valence-corrected chi connectivity index (χ2v) is 3.56. The second kappa shape index (κ2) is 4.74. The Balaban J connectivity index is 3.26. The fraction of sp³-hybridized carbons (Fsp3) is 0.364. The third kappa shape index (κ3) is 2.36. The van der Waals surface area contributed by atoms with Gasteiger partial charge in [0.15, 0.2) is 0 Å². The highest BCUT2D eigenvalue weighted by molar-refractivity contribution is 5.94. The van der Waals surface area contributed by atoms with E-state index in [2.05, 4.69) is 5.32 Å². The number of aryl methyl sites for hydroxylation is 1. The zero-order chi connectivity index (χ0) is 12.3. The predicted molar refractivity (Wildman–Crippen MR) is 61.5 cm³/mol. The van der Waals surface area contributed by atoms with Gasteiger partial charge in [0.25, 0.3) is 5.69 Å². The number of hydrogen-bond acceptors (Lipinski definition) is 3. The molecule has 1 N–H and O–H groups in total. The van der Waals surface area contributed by atoms with Crippen molar-refractivity contribution in [1.29, 1.82) is 0 Å². The van der Waals surface area contributed by atoms with Crippen LogP contribution in [0, 0.1) is 24.0 Å². The number of anilines is 1. The summed E-state index contributed by atoms with van der Waals surface area (Å²) < 4.78 is 0. The first-order valence-electron chi connectivity index (χ1n) is 5.01. The highest BCUT2D eigenvalue weighted by Crippen LogP contribution is 2.30. The summed E-state index contributed by atoms with van der Waals surface area (Å²) in [5.74, 6) is -0.225. The molecule has 1 amide bonds. The minimum atomic E-state index is -0.488. The van der Waals surface area contributed by atoms with Gasteiger partial charge in [0.2, 0.25) is 5.91 Å². The molecule has 16 heavy (non-hydrogen) atoms. The molecule has 0 unspecified atom stereocenters. The lowest BCUT2D eigenvalue weighted by molar-refractivity contribution is -0.384. The molecule has 0 atom stereocenters. The van der Waals surface area contributed by atoms with Crippen molar-refractivity contribution in [3.63, 3.8) is 0 Å². The largest absolute Gasteiger partial charge is 0.320 e. The monoisotopic (exact) mass is 222 g/mol. The molecule has 86 valence electrons. The van der Waals surface area contributed by atoms with Crippen LogP contribution in [-0.4, -0.2) is 10.8 Å². The summed E-state index contributed by atoms with van der Waals surface area (Å²) in [6, 6.07) is 3.09. The lowest BCUT2D eigenvalue weighted by atomic mass is 10.1. The third-order valence-corrected chi connectivity index (χ3v) is 2.50. The zero-order valence-corrected chi connectivity index (χ0v) is 9.53. The molecule has 0 aliphatic carbocycles. The Labute approximate surface area is 93.6 Å². The van der Waals surface area contributed by atoms with Crippen LogP contribution in [0.15, 0.2) is 12.1 Å². The average Bonchev–Trinajstić information content (AvgIpc) is 2.24. The molecule has 0 saturated heterocycles. The predicted octanol–water partition coefficient (Wildman–Crippen LogP) is 2.56. The molecule has 5 nitrogen and oxygen atoms in total. The molecule has 1 rings (SSSR count). The smallest absolute Gasteiger partial charge is 0.293 e. The Kier molecular flexibility index (Phi) is 3.60. The first-order chi connectivity index (χ1) is 7.47. The number of nitrogens with one attached hydrogen (secondary N) is 1. The van der Waals surface area contributed by atoms with Crippen molar-refractivity contribution in [2.24, 2.45) is 0 Å². The summed E-state index contributed by atoms with van der Waals surface area (Å²) in [5.41, 5.74) is 1.88. The Bertz CT molecular complexity index is 441. The average molecular weight is 222 g/mol. The van der Waals surface area contributed by atoms with E-state index in [1.807, 2.05) is 6.92 Å². The molecule has 0 radical (unpaired) electrons. The van der Waals surface area contributed by atoms with Gasteiger partial charge in [0.05, 0.1) is 4.92 Å². The molecule has 1 aromatic carbocycles. The lowest BCUT2D eigenvalue weighted by Gasteiger charge is -2.10. The number of nitro benzene ring substituents is 1. The van der Waals surface area contributed by atoms with Gasteiger partial charge in [0.1, 0.15) is 5.69 Å². The van der Waals surface area contributed by atoms with Gasteiger partial charge in [-0.25, -0.2) is 0 Å². The van der Waals surface area contributed by atoms with Crippen LogP contribution in [0.25, 0.3) is 0 Å². The first kappa shape index (κ1) is 12.2. The molecule has 0 saturated carbocycles. The standard InChI is InChI=1S/C11H14N2O3/c1-4-10(14)12-11-8(3)7(2)5-6-9(11)13(15)16/h5-6H,4H2,1-3H3,(H,12,14). The van der Waals surface area contributed by atoms with Crippen molar-refractivity contribution in [2.75, 3.05) is 5.32 Å². The number of amides is 1. The second-order valence-electron chi connectivity index (χ2n) is 3.56. The number of rotatable bonds is 3. The van der Waals surface area contributed by atoms with Crippen molar-refractivity contribution in [2.45, 2.75) is 27.2 Å². The summed E-state index contributed by atoms with van der Waals surface area (Å²) in [6.07, 6.45) is 0.296. The van der Waals surface area contributed by atoms with E-state index in [0.717, 1.165) is 11.1 Å². The topological polar surface area (TPSA) is 72.2 Å². The van der Waals surface area contributed by atoms with E-state index < -0.39 is 4.92 Å². The van der Waals surface area contributed by atoms with E-state index in [1.165, 1.54) is 6.07 Å². The number of nitrogens with zero attached hydrogens (tertiary/aromatic N) is 1. The van der Waals surface area contributed by atoms with Gasteiger partial charge in [-0.1, -0.05) is 13.0 Å². The molecule has 0 spiro atoms. The van der Waals surface area contributed by atoms with Gasteiger partial charge in [-0.15, -0.1) is 0 Å². The minimum Gasteiger partial charge on any atom is -0.320 e. The Morgan fingerprint density at radius 1 is 1.44 bits per heavy atom. The molecule has 0 heterocycles. The van der Waals surface area contributed by atoms with Crippen molar-refractivity contribution in [3.8, 4) is 0 Å². The van der Waals surface area contributed by atoms with E-state index in [4.69, 9.17) is 0 Å². The molecule has 0 aromatic heterocycles. The van der Waals surface area contributed by atoms with Crippen LogP contribution in [0.3, 0.4) is 0 Å². The summed E-state index contributed by atoms with van der Waals surface area (Å²) >= 11 is 0. The van der Waals surface area contributed by atoms with Gasteiger partial charge in [-0.05, 0) is 25.0 Å². The van der Waals surface area contributed by atoms with E-state index in [1.54, 1.807) is 19.9 Å². The Morgan fingerprint density at radius 2 is 2.06 bits per heavy atom. The van der Waals surface area contributed by atoms with Crippen molar-refractivity contribution < 1.29 is 9.72 Å². The fourth-order valence-corrected chi connectivity index (χ4v) is 1.34. The maximum Gasteiger partial charge on any atom is 0.293 e. The van der Waals surface area contributed by atoms with E-state index in [0.29, 0.717) is 12.1 Å². The highest BCUT2D eigenvalue weighted by atomic mass is 16.6. The molecular weight excluding hydrogens is 208 g/mol. The van der Waals surface area contributed by atoms with Gasteiger partial charge < -0.3 is 5.32 Å². The Morgan fingerprint density at radius 3 is 2.56 bits per heavy atom. The number of hydrogen-bond donors (Lipinski definition) is 1. The molecule has 0 fully saturated rings. The summed E-state index contributed by atoms with van der Waals surface area (Å²) in [5, 5.41) is 13.4. The molecule has 0 aliphatic heterocycles. The van der Waals surface area contributed by atoms with Crippen LogP contribution in [0.1, 0.15) is 24.5 Å². The quantitative estimate of drug-likeness (QED) is 0.631. The minimum absolute atomic E-state index is 0.0649. The van der Waals surface area contributed by atoms with Gasteiger partial charge in [-0.2, -0.15) is 0 Å². The van der Waals surface area contributed by atoms with Crippen molar-refractivity contribution in [3.05, 3.63) is 33.4 Å². The molecular formula is C11H14N2O3. The van der Waals surface area contributed by atoms with Crippen LogP contribution >= 0.6 is 0 Å². The SMILES string of the molecule is CCC(=O)Nc1c([N+](=O)[O-])ccc(C)c1C. The molecule has 0 bridgehead atoms. The lowest BCUT2D eigenvalue weighted by Crippen LogP contribution is -2.12. The van der Waals surface area contributed by atoms with Crippen LogP contribution in [0.5, 0.6) is 0 Å². The van der Waals surface area contributed by atoms with Gasteiger partial charge in [-0.3, -0.25) is 14.9 Å². The van der Waals surface area contributed by atoms with Gasteiger partial charge >= 0.3 is 0 Å². The highest BCUT2D eigenvalue weighted by Gasteiger charge is 2.18. The first-order valence-corrected chi connectivity index (χ1v) is 5.01. The normalized spacial score (nSPS) is 9.94. The molecule has 1 aromatic rings. The summed E-state index contributed by atoms with van der Waals surface area (Å²) in [7, 11) is 0. The summed E-state index contributed by atoms with van der Waals surface area (Å²) in [6.45, 7) is 5.31. The molecule has 5 heteroatoms. The Hall–Kier alpha value is -1.91. The number of carbonyl (C=O) groups is 1. The fourth-order valence-electron chi connectivity index (χ4n) is 1.34. The van der Waals surface area contributed by atoms with E-state index >= 15 is 0 Å². The van der Waals surface area contributed by atoms with E-state index in [-0.39, 0.29) is 11.6 Å². The van der Waals surface area contributed by atoms with E-state index in [9.17, 15) is 14.9 Å². The maximum atomic E-state index is 11.3. The third-order valence-electron chi connectivity index (χ3n) is 2.50. The molecule has 0 aliphatic rings. The van der Waals surface area contributed by atoms with Gasteiger partial charge in [0, 0.05) is 12.5 Å². The van der Waals surface area contributed by atoms with Crippen molar-refractivity contribution >= 4 is 17.3 Å². The number of nitro groups is 1. The number of benzene rings is 1. The summed E-state index contributed by atoms with van der Waals surface area (Å²) in [4.78, 5) is 21.6. The van der Waals surface area contributed by atoms with Crippen molar-refractivity contribution in [1.82, 2.24) is 0 Å². The van der Waals surface area contributed by atoms with Crippen LogP contribution in [-0.2, 0) is 4.79 Å². The zero-order valence-electron chi connectivity index (χ0n) is 9.53. The van der Waals surface area contributed by atoms with Crippen LogP contribution in [0.4, 0.5) is 11.4 Å². The number of carbonyl (C=O) groups excluding carboxylic acids is 1. The maximum absolute atomic E-state index is 11.3.